The van der Waals surface area contributed by atoms with E-state index in [-0.39, 0.29) is 0 Å². The van der Waals surface area contributed by atoms with E-state index in [9.17, 15) is 0 Å². The van der Waals surface area contributed by atoms with Crippen LogP contribution < -0.4 is 14.8 Å². The third kappa shape index (κ3) is 5.32. The topological polar surface area (TPSA) is 56.3 Å². The number of hydrogen-bond acceptors (Lipinski definition) is 5. The second-order valence-corrected chi connectivity index (χ2v) is 4.67. The Bertz CT molecular complexity index is 347. The minimum atomic E-state index is 0.342. The van der Waals surface area contributed by atoms with Crippen LogP contribution in [0.1, 0.15) is 20.3 Å². The highest BCUT2D eigenvalue weighted by atomic mass is 79.9. The number of ether oxygens (including phenoxy) is 2. The Hall–Kier alpha value is -0.880. The van der Waals surface area contributed by atoms with Crippen molar-refractivity contribution in [1.29, 1.82) is 0 Å². The van der Waals surface area contributed by atoms with Crippen molar-refractivity contribution in [2.24, 2.45) is 0 Å². The number of nitrogens with one attached hydrogen (secondary N) is 1. The Labute approximate surface area is 110 Å². The van der Waals surface area contributed by atoms with Gasteiger partial charge in [-0.2, -0.15) is 4.98 Å². The predicted molar refractivity (Wildman–Crippen MR) is 69.5 cm³/mol. The smallest absolute Gasteiger partial charge is 0.319 e. The van der Waals surface area contributed by atoms with E-state index in [4.69, 9.17) is 9.47 Å². The van der Waals surface area contributed by atoms with Crippen LogP contribution >= 0.6 is 15.9 Å². The van der Waals surface area contributed by atoms with Crippen LogP contribution in [0.5, 0.6) is 11.9 Å². The average Bonchev–Trinajstić information content (AvgIpc) is 2.30. The summed E-state index contributed by atoms with van der Waals surface area (Å²) < 4.78 is 11.2. The molecular formula is C11H18BrN3O2. The van der Waals surface area contributed by atoms with E-state index in [2.05, 4.69) is 45.1 Å². The second kappa shape index (κ2) is 7.45. The molecule has 0 fully saturated rings. The molecule has 0 bridgehead atoms. The molecule has 96 valence electrons. The molecule has 0 amide bonds. The van der Waals surface area contributed by atoms with Crippen molar-refractivity contribution in [2.45, 2.75) is 26.3 Å². The first-order valence-electron chi connectivity index (χ1n) is 5.56. The van der Waals surface area contributed by atoms with Crippen LogP contribution in [0.15, 0.2) is 10.7 Å². The van der Waals surface area contributed by atoms with Crippen LogP contribution in [0.2, 0.25) is 0 Å². The van der Waals surface area contributed by atoms with Gasteiger partial charge >= 0.3 is 6.01 Å². The van der Waals surface area contributed by atoms with Crippen LogP contribution in [0.25, 0.3) is 0 Å². The summed E-state index contributed by atoms with van der Waals surface area (Å²) in [6, 6.07) is 0.841. The molecule has 17 heavy (non-hydrogen) atoms. The molecule has 1 aromatic heterocycles. The lowest BCUT2D eigenvalue weighted by molar-refractivity contribution is 0.276. The summed E-state index contributed by atoms with van der Waals surface area (Å²) in [7, 11) is 1.56. The van der Waals surface area contributed by atoms with Gasteiger partial charge in [0, 0.05) is 6.04 Å². The molecule has 1 aromatic rings. The van der Waals surface area contributed by atoms with E-state index in [1.54, 1.807) is 13.3 Å². The number of halogens is 1. The Morgan fingerprint density at radius 2 is 2.24 bits per heavy atom. The van der Waals surface area contributed by atoms with E-state index >= 15 is 0 Å². The Morgan fingerprint density at radius 1 is 1.47 bits per heavy atom. The molecule has 0 unspecified atom stereocenters. The molecule has 0 aromatic carbocycles. The Kier molecular flexibility index (Phi) is 6.21. The largest absolute Gasteiger partial charge is 0.480 e. The van der Waals surface area contributed by atoms with Gasteiger partial charge in [0.1, 0.15) is 0 Å². The number of nitrogens with zero attached hydrogens (tertiary/aromatic N) is 2. The quantitative estimate of drug-likeness (QED) is 0.781. The molecule has 0 aliphatic heterocycles. The molecule has 0 saturated heterocycles. The van der Waals surface area contributed by atoms with Crippen molar-refractivity contribution < 1.29 is 9.47 Å². The first-order chi connectivity index (χ1) is 8.13. The number of methoxy groups -OCH3 is 1. The summed E-state index contributed by atoms with van der Waals surface area (Å²) in [6.07, 6.45) is 2.54. The summed E-state index contributed by atoms with van der Waals surface area (Å²) in [6.45, 7) is 5.74. The van der Waals surface area contributed by atoms with Crippen LogP contribution in [0.4, 0.5) is 0 Å². The highest BCUT2D eigenvalue weighted by Gasteiger charge is 2.05. The summed E-state index contributed by atoms with van der Waals surface area (Å²) in [5.74, 6) is 0.482. The predicted octanol–water partition coefficient (Wildman–Crippen LogP) is 2.01. The molecule has 5 nitrogen and oxygen atoms in total. The third-order valence-electron chi connectivity index (χ3n) is 1.99. The molecule has 0 spiro atoms. The number of aromatic nitrogens is 2. The van der Waals surface area contributed by atoms with Gasteiger partial charge in [-0.15, -0.1) is 0 Å². The minimum absolute atomic E-state index is 0.342. The second-order valence-electron chi connectivity index (χ2n) is 3.82. The van der Waals surface area contributed by atoms with E-state index in [1.807, 2.05) is 0 Å². The van der Waals surface area contributed by atoms with Crippen molar-refractivity contribution in [3.63, 3.8) is 0 Å². The van der Waals surface area contributed by atoms with E-state index in [1.165, 1.54) is 0 Å². The van der Waals surface area contributed by atoms with Gasteiger partial charge in [-0.25, -0.2) is 4.98 Å². The highest BCUT2D eigenvalue weighted by Crippen LogP contribution is 2.22. The standard InChI is InChI=1S/C11H18BrN3O2/c1-8(2)13-5-4-6-17-11-14-7-9(12)10(15-11)16-3/h7-8,13H,4-6H2,1-3H3. The fraction of sp³-hybridized carbons (Fsp3) is 0.636. The lowest BCUT2D eigenvalue weighted by atomic mass is 10.3. The Balaban J connectivity index is 2.32. The van der Waals surface area contributed by atoms with Gasteiger partial charge in [-0.1, -0.05) is 13.8 Å². The molecule has 1 heterocycles. The van der Waals surface area contributed by atoms with Gasteiger partial charge in [-0.05, 0) is 28.9 Å². The molecule has 6 heteroatoms. The van der Waals surface area contributed by atoms with Crippen LogP contribution in [0, 0.1) is 0 Å². The maximum absolute atomic E-state index is 5.42. The fourth-order valence-corrected chi connectivity index (χ4v) is 1.53. The molecule has 0 aliphatic carbocycles. The van der Waals surface area contributed by atoms with Crippen LogP contribution in [-0.2, 0) is 0 Å². The van der Waals surface area contributed by atoms with Crippen molar-refractivity contribution in [2.75, 3.05) is 20.3 Å². The normalized spacial score (nSPS) is 10.6. The zero-order valence-electron chi connectivity index (χ0n) is 10.4. The molecule has 1 rings (SSSR count). The fourth-order valence-electron chi connectivity index (χ4n) is 1.18. The van der Waals surface area contributed by atoms with Gasteiger partial charge in [0.15, 0.2) is 0 Å². The summed E-state index contributed by atoms with van der Waals surface area (Å²) in [5.41, 5.74) is 0. The summed E-state index contributed by atoms with van der Waals surface area (Å²) >= 11 is 3.28. The van der Waals surface area contributed by atoms with Crippen molar-refractivity contribution in [3.05, 3.63) is 10.7 Å². The van der Waals surface area contributed by atoms with Crippen molar-refractivity contribution >= 4 is 15.9 Å². The Morgan fingerprint density at radius 3 is 2.88 bits per heavy atom. The van der Waals surface area contributed by atoms with E-state index in [0.29, 0.717) is 29.0 Å². The van der Waals surface area contributed by atoms with Crippen LogP contribution in [0.3, 0.4) is 0 Å². The number of hydrogen-bond donors (Lipinski definition) is 1. The zero-order valence-corrected chi connectivity index (χ0v) is 12.0. The lowest BCUT2D eigenvalue weighted by Crippen LogP contribution is -2.24. The molecule has 1 N–H and O–H groups in total. The van der Waals surface area contributed by atoms with Crippen molar-refractivity contribution in [1.82, 2.24) is 15.3 Å². The molecule has 0 aliphatic rings. The minimum Gasteiger partial charge on any atom is -0.480 e. The molecule has 0 radical (unpaired) electrons. The first kappa shape index (κ1) is 14.2. The molecular weight excluding hydrogens is 286 g/mol. The van der Waals surface area contributed by atoms with Gasteiger partial charge in [0.2, 0.25) is 5.88 Å². The van der Waals surface area contributed by atoms with E-state index in [0.717, 1.165) is 13.0 Å². The summed E-state index contributed by atoms with van der Waals surface area (Å²) in [5, 5.41) is 3.31. The number of rotatable bonds is 7. The zero-order chi connectivity index (χ0) is 12.7. The average molecular weight is 304 g/mol. The third-order valence-corrected chi connectivity index (χ3v) is 2.53. The van der Waals surface area contributed by atoms with Crippen LogP contribution in [-0.4, -0.2) is 36.3 Å². The summed E-state index contributed by atoms with van der Waals surface area (Å²) in [4.78, 5) is 8.14. The van der Waals surface area contributed by atoms with Gasteiger partial charge in [0.25, 0.3) is 0 Å². The maximum Gasteiger partial charge on any atom is 0.319 e. The SMILES string of the molecule is COc1nc(OCCCNC(C)C)ncc1Br. The highest BCUT2D eigenvalue weighted by molar-refractivity contribution is 9.10. The van der Waals surface area contributed by atoms with Gasteiger partial charge < -0.3 is 14.8 Å². The van der Waals surface area contributed by atoms with E-state index < -0.39 is 0 Å². The lowest BCUT2D eigenvalue weighted by Gasteiger charge is -2.09. The van der Waals surface area contributed by atoms with Gasteiger partial charge in [-0.3, -0.25) is 0 Å². The van der Waals surface area contributed by atoms with Crippen molar-refractivity contribution in [3.8, 4) is 11.9 Å². The van der Waals surface area contributed by atoms with Gasteiger partial charge in [0.05, 0.1) is 24.4 Å². The monoisotopic (exact) mass is 303 g/mol. The molecule has 0 saturated carbocycles. The first-order valence-corrected chi connectivity index (χ1v) is 6.35. The molecule has 0 atom stereocenters. The maximum atomic E-state index is 5.42.